The largest absolute Gasteiger partial charge is 0.373 e. The summed E-state index contributed by atoms with van der Waals surface area (Å²) in [6.45, 7) is 4.21. The number of nitrogens with one attached hydrogen (secondary N) is 2. The lowest BCUT2D eigenvalue weighted by Gasteiger charge is -2.32. The molecule has 2 aromatic rings. The molecule has 1 saturated heterocycles. The number of amides is 1. The number of carbonyl (C=O) groups excluding carboxylic acids is 1. The second-order valence-electron chi connectivity index (χ2n) is 4.95. The van der Waals surface area contributed by atoms with Gasteiger partial charge in [0, 0.05) is 26.6 Å². The number of imidazole rings is 1. The van der Waals surface area contributed by atoms with Crippen molar-refractivity contribution >= 4 is 22.9 Å². The van der Waals surface area contributed by atoms with Crippen molar-refractivity contribution in [2.75, 3.05) is 31.1 Å². The van der Waals surface area contributed by atoms with Gasteiger partial charge in [0.2, 0.25) is 11.9 Å². The van der Waals surface area contributed by atoms with Crippen LogP contribution in [-0.2, 0) is 9.53 Å². The molecule has 3 rings (SSSR count). The van der Waals surface area contributed by atoms with Crippen molar-refractivity contribution in [3.05, 3.63) is 24.3 Å². The van der Waals surface area contributed by atoms with Crippen molar-refractivity contribution in [2.45, 2.75) is 13.0 Å². The fourth-order valence-electron chi connectivity index (χ4n) is 2.38. The van der Waals surface area contributed by atoms with Crippen LogP contribution in [0.3, 0.4) is 0 Å². The molecule has 0 aliphatic carbocycles. The summed E-state index contributed by atoms with van der Waals surface area (Å²) in [6.07, 6.45) is 0.000798. The normalized spacial score (nSPS) is 19.2. The highest BCUT2D eigenvalue weighted by Crippen LogP contribution is 2.19. The van der Waals surface area contributed by atoms with Crippen LogP contribution in [0.1, 0.15) is 6.92 Å². The van der Waals surface area contributed by atoms with Crippen LogP contribution < -0.4 is 10.2 Å². The first kappa shape index (κ1) is 12.9. The van der Waals surface area contributed by atoms with Gasteiger partial charge in [0.1, 0.15) is 0 Å². The zero-order valence-electron chi connectivity index (χ0n) is 11.4. The molecule has 1 unspecified atom stereocenters. The minimum Gasteiger partial charge on any atom is -0.373 e. The molecule has 1 aromatic heterocycles. The first-order valence-corrected chi connectivity index (χ1v) is 6.78. The molecule has 1 amide bonds. The van der Waals surface area contributed by atoms with Crippen molar-refractivity contribution in [2.24, 2.45) is 0 Å². The molecule has 20 heavy (non-hydrogen) atoms. The minimum atomic E-state index is -0.0329. The molecular formula is C14H18N4O2. The SMILES string of the molecule is CC(=O)NCC1CN(c2nc3ccccc3[nH]2)CCO1. The lowest BCUT2D eigenvalue weighted by Crippen LogP contribution is -2.47. The summed E-state index contributed by atoms with van der Waals surface area (Å²) < 4.78 is 5.66. The second kappa shape index (κ2) is 5.50. The first-order valence-electron chi connectivity index (χ1n) is 6.78. The molecule has 0 saturated carbocycles. The number of benzene rings is 1. The van der Waals surface area contributed by atoms with Crippen LogP contribution >= 0.6 is 0 Å². The summed E-state index contributed by atoms with van der Waals surface area (Å²) >= 11 is 0. The summed E-state index contributed by atoms with van der Waals surface area (Å²) in [5, 5.41) is 2.79. The van der Waals surface area contributed by atoms with Gasteiger partial charge in [-0.25, -0.2) is 4.98 Å². The fourth-order valence-corrected chi connectivity index (χ4v) is 2.38. The lowest BCUT2D eigenvalue weighted by molar-refractivity contribution is -0.119. The summed E-state index contributed by atoms with van der Waals surface area (Å²) in [5.74, 6) is 0.830. The van der Waals surface area contributed by atoms with Gasteiger partial charge < -0.3 is 19.9 Å². The average molecular weight is 274 g/mol. The maximum Gasteiger partial charge on any atom is 0.216 e. The fraction of sp³-hybridized carbons (Fsp3) is 0.429. The van der Waals surface area contributed by atoms with E-state index in [1.54, 1.807) is 0 Å². The molecular weight excluding hydrogens is 256 g/mol. The first-order chi connectivity index (χ1) is 9.72. The molecule has 2 heterocycles. The number of hydrogen-bond donors (Lipinski definition) is 2. The van der Waals surface area contributed by atoms with E-state index >= 15 is 0 Å². The maximum atomic E-state index is 11.0. The number of morpholine rings is 1. The van der Waals surface area contributed by atoms with Crippen LogP contribution in [0.15, 0.2) is 24.3 Å². The topological polar surface area (TPSA) is 70.2 Å². The Morgan fingerprint density at radius 1 is 1.55 bits per heavy atom. The third kappa shape index (κ3) is 2.75. The highest BCUT2D eigenvalue weighted by atomic mass is 16.5. The molecule has 1 fully saturated rings. The summed E-state index contributed by atoms with van der Waals surface area (Å²) in [7, 11) is 0. The molecule has 2 N–H and O–H groups in total. The minimum absolute atomic E-state index is 0.000798. The van der Waals surface area contributed by atoms with E-state index in [1.165, 1.54) is 6.92 Å². The quantitative estimate of drug-likeness (QED) is 0.872. The molecule has 1 aliphatic rings. The number of para-hydroxylation sites is 2. The van der Waals surface area contributed by atoms with Gasteiger partial charge >= 0.3 is 0 Å². The average Bonchev–Trinajstić information content (AvgIpc) is 2.89. The van der Waals surface area contributed by atoms with Crippen molar-refractivity contribution in [1.29, 1.82) is 0 Å². The monoisotopic (exact) mass is 274 g/mol. The van der Waals surface area contributed by atoms with Gasteiger partial charge in [-0.05, 0) is 12.1 Å². The summed E-state index contributed by atoms with van der Waals surface area (Å²) in [5.41, 5.74) is 2.00. The number of rotatable bonds is 3. The Balaban J connectivity index is 1.71. The van der Waals surface area contributed by atoms with Gasteiger partial charge in [0.05, 0.1) is 23.7 Å². The van der Waals surface area contributed by atoms with Gasteiger partial charge in [-0.2, -0.15) is 0 Å². The van der Waals surface area contributed by atoms with Crippen molar-refractivity contribution in [3.8, 4) is 0 Å². The Morgan fingerprint density at radius 2 is 2.40 bits per heavy atom. The number of nitrogens with zero attached hydrogens (tertiary/aromatic N) is 2. The van der Waals surface area contributed by atoms with Crippen molar-refractivity contribution in [3.63, 3.8) is 0 Å². The van der Waals surface area contributed by atoms with Gasteiger partial charge in [0.25, 0.3) is 0 Å². The number of anilines is 1. The highest BCUT2D eigenvalue weighted by molar-refractivity contribution is 5.77. The summed E-state index contributed by atoms with van der Waals surface area (Å²) in [4.78, 5) is 21.0. The highest BCUT2D eigenvalue weighted by Gasteiger charge is 2.22. The van der Waals surface area contributed by atoms with E-state index in [4.69, 9.17) is 4.74 Å². The third-order valence-electron chi connectivity index (χ3n) is 3.39. The van der Waals surface area contributed by atoms with Gasteiger partial charge in [-0.15, -0.1) is 0 Å². The van der Waals surface area contributed by atoms with E-state index in [9.17, 15) is 4.79 Å². The molecule has 6 heteroatoms. The molecule has 0 spiro atoms. The smallest absolute Gasteiger partial charge is 0.216 e. The van der Waals surface area contributed by atoms with E-state index in [1.807, 2.05) is 24.3 Å². The number of aromatic amines is 1. The number of fused-ring (bicyclic) bond motifs is 1. The molecule has 1 aromatic carbocycles. The van der Waals surface area contributed by atoms with E-state index in [2.05, 4.69) is 20.2 Å². The number of ether oxygens (including phenoxy) is 1. The van der Waals surface area contributed by atoms with Gasteiger partial charge in [-0.3, -0.25) is 4.79 Å². The number of aromatic nitrogens is 2. The molecule has 0 radical (unpaired) electrons. The zero-order chi connectivity index (χ0) is 13.9. The summed E-state index contributed by atoms with van der Waals surface area (Å²) in [6, 6.07) is 7.97. The van der Waals surface area contributed by atoms with Crippen LogP contribution in [0.25, 0.3) is 11.0 Å². The molecule has 1 aliphatic heterocycles. The maximum absolute atomic E-state index is 11.0. The van der Waals surface area contributed by atoms with Crippen molar-refractivity contribution < 1.29 is 9.53 Å². The van der Waals surface area contributed by atoms with Gasteiger partial charge in [0.15, 0.2) is 0 Å². The van der Waals surface area contributed by atoms with Crippen LogP contribution in [0.5, 0.6) is 0 Å². The number of carbonyl (C=O) groups is 1. The van der Waals surface area contributed by atoms with Crippen LogP contribution in [0.2, 0.25) is 0 Å². The van der Waals surface area contributed by atoms with Crippen LogP contribution in [-0.4, -0.2) is 48.2 Å². The lowest BCUT2D eigenvalue weighted by atomic mass is 10.3. The number of H-pyrrole nitrogens is 1. The van der Waals surface area contributed by atoms with E-state index < -0.39 is 0 Å². The Labute approximate surface area is 117 Å². The van der Waals surface area contributed by atoms with Crippen molar-refractivity contribution in [1.82, 2.24) is 15.3 Å². The Morgan fingerprint density at radius 3 is 3.20 bits per heavy atom. The second-order valence-corrected chi connectivity index (χ2v) is 4.95. The Hall–Kier alpha value is -2.08. The third-order valence-corrected chi connectivity index (χ3v) is 3.39. The standard InChI is InChI=1S/C14H18N4O2/c1-10(19)15-8-11-9-18(6-7-20-11)14-16-12-4-2-3-5-13(12)17-14/h2-5,11H,6-9H2,1H3,(H,15,19)(H,16,17). The Kier molecular flexibility index (Phi) is 3.56. The predicted octanol–water partition coefficient (Wildman–Crippen LogP) is 0.904. The molecule has 6 nitrogen and oxygen atoms in total. The number of hydrogen-bond acceptors (Lipinski definition) is 4. The van der Waals surface area contributed by atoms with Crippen LogP contribution in [0.4, 0.5) is 5.95 Å². The molecule has 1 atom stereocenters. The van der Waals surface area contributed by atoms with Gasteiger partial charge in [-0.1, -0.05) is 12.1 Å². The molecule has 106 valence electrons. The van der Waals surface area contributed by atoms with E-state index in [0.29, 0.717) is 13.2 Å². The zero-order valence-corrected chi connectivity index (χ0v) is 11.4. The van der Waals surface area contributed by atoms with E-state index in [0.717, 1.165) is 30.1 Å². The Bertz CT molecular complexity index is 577. The van der Waals surface area contributed by atoms with Crippen LogP contribution in [0, 0.1) is 0 Å². The predicted molar refractivity (Wildman–Crippen MR) is 76.7 cm³/mol. The van der Waals surface area contributed by atoms with E-state index in [-0.39, 0.29) is 12.0 Å². The molecule has 0 bridgehead atoms.